The molecule has 0 unspecified atom stereocenters. The number of hydrogen-bond donors (Lipinski definition) is 3. The Morgan fingerprint density at radius 1 is 1.10 bits per heavy atom. The standard InChI is InChI=1S/C15H14ClN3O2/c16-10-4-3-5-11(8-10)18-9-14(20)19-13-7-2-1-6-12(13)15(17)21/h1-8,18H,9H2,(H2,17,21)(H,19,20). The van der Waals surface area contributed by atoms with E-state index in [1.807, 2.05) is 0 Å². The number of carbonyl (C=O) groups is 2. The zero-order valence-corrected chi connectivity index (χ0v) is 11.9. The second-order valence-corrected chi connectivity index (χ2v) is 4.76. The molecular formula is C15H14ClN3O2. The van der Waals surface area contributed by atoms with Crippen molar-refractivity contribution in [1.82, 2.24) is 0 Å². The van der Waals surface area contributed by atoms with Crippen molar-refractivity contribution in [1.29, 1.82) is 0 Å². The quantitative estimate of drug-likeness (QED) is 0.793. The Balaban J connectivity index is 1.98. The Morgan fingerprint density at radius 3 is 2.57 bits per heavy atom. The van der Waals surface area contributed by atoms with E-state index in [0.29, 0.717) is 10.7 Å². The summed E-state index contributed by atoms with van der Waals surface area (Å²) in [4.78, 5) is 23.1. The summed E-state index contributed by atoms with van der Waals surface area (Å²) in [6.45, 7) is 0.0490. The van der Waals surface area contributed by atoms with Gasteiger partial charge in [0.05, 0.1) is 17.8 Å². The lowest BCUT2D eigenvalue weighted by atomic mass is 10.1. The van der Waals surface area contributed by atoms with Crippen LogP contribution < -0.4 is 16.4 Å². The summed E-state index contributed by atoms with van der Waals surface area (Å²) in [5, 5.41) is 6.17. The van der Waals surface area contributed by atoms with Crippen LogP contribution in [-0.2, 0) is 4.79 Å². The summed E-state index contributed by atoms with van der Waals surface area (Å²) < 4.78 is 0. The van der Waals surface area contributed by atoms with Gasteiger partial charge in [0.1, 0.15) is 0 Å². The van der Waals surface area contributed by atoms with Crippen LogP contribution in [0.4, 0.5) is 11.4 Å². The van der Waals surface area contributed by atoms with Crippen molar-refractivity contribution in [2.45, 2.75) is 0 Å². The number of nitrogens with one attached hydrogen (secondary N) is 2. The van der Waals surface area contributed by atoms with E-state index < -0.39 is 5.91 Å². The molecule has 2 aromatic rings. The van der Waals surface area contributed by atoms with Crippen LogP contribution in [-0.4, -0.2) is 18.4 Å². The fraction of sp³-hybridized carbons (Fsp3) is 0.0667. The van der Waals surface area contributed by atoms with Gasteiger partial charge in [-0.05, 0) is 30.3 Å². The molecule has 2 aromatic carbocycles. The van der Waals surface area contributed by atoms with Crippen molar-refractivity contribution in [3.8, 4) is 0 Å². The predicted molar refractivity (Wildman–Crippen MR) is 83.5 cm³/mol. The number of benzene rings is 2. The number of para-hydroxylation sites is 1. The first kappa shape index (κ1) is 14.9. The molecule has 21 heavy (non-hydrogen) atoms. The van der Waals surface area contributed by atoms with E-state index in [0.717, 1.165) is 5.69 Å². The average molecular weight is 304 g/mol. The minimum absolute atomic E-state index is 0.0490. The van der Waals surface area contributed by atoms with E-state index in [4.69, 9.17) is 17.3 Å². The van der Waals surface area contributed by atoms with Gasteiger partial charge < -0.3 is 16.4 Å². The summed E-state index contributed by atoms with van der Waals surface area (Å²) in [6, 6.07) is 13.6. The maximum absolute atomic E-state index is 11.9. The average Bonchev–Trinajstić information content (AvgIpc) is 2.45. The molecular weight excluding hydrogens is 290 g/mol. The van der Waals surface area contributed by atoms with Gasteiger partial charge in [-0.1, -0.05) is 29.8 Å². The van der Waals surface area contributed by atoms with E-state index in [2.05, 4.69) is 10.6 Å². The highest BCUT2D eigenvalue weighted by Gasteiger charge is 2.09. The maximum atomic E-state index is 11.9. The first-order valence-electron chi connectivity index (χ1n) is 6.24. The molecule has 2 amide bonds. The zero-order chi connectivity index (χ0) is 15.2. The van der Waals surface area contributed by atoms with Gasteiger partial charge >= 0.3 is 0 Å². The van der Waals surface area contributed by atoms with Gasteiger partial charge in [0.25, 0.3) is 5.91 Å². The van der Waals surface area contributed by atoms with Gasteiger partial charge in [0.2, 0.25) is 5.91 Å². The molecule has 0 heterocycles. The number of anilines is 2. The first-order chi connectivity index (χ1) is 10.1. The minimum atomic E-state index is -0.589. The molecule has 0 radical (unpaired) electrons. The monoisotopic (exact) mass is 303 g/mol. The van der Waals surface area contributed by atoms with Crippen LogP contribution in [0.2, 0.25) is 5.02 Å². The van der Waals surface area contributed by atoms with E-state index in [9.17, 15) is 9.59 Å². The molecule has 5 nitrogen and oxygen atoms in total. The highest BCUT2D eigenvalue weighted by molar-refractivity contribution is 6.30. The molecule has 0 saturated carbocycles. The molecule has 108 valence electrons. The second kappa shape index (κ2) is 6.76. The smallest absolute Gasteiger partial charge is 0.250 e. The van der Waals surface area contributed by atoms with Crippen molar-refractivity contribution in [2.75, 3.05) is 17.2 Å². The van der Waals surface area contributed by atoms with Crippen LogP contribution in [0.15, 0.2) is 48.5 Å². The number of nitrogens with two attached hydrogens (primary N) is 1. The highest BCUT2D eigenvalue weighted by Crippen LogP contribution is 2.16. The fourth-order valence-electron chi connectivity index (χ4n) is 1.78. The molecule has 0 bridgehead atoms. The molecule has 0 saturated heterocycles. The summed E-state index contributed by atoms with van der Waals surface area (Å²) in [7, 11) is 0. The first-order valence-corrected chi connectivity index (χ1v) is 6.62. The van der Waals surface area contributed by atoms with Crippen molar-refractivity contribution in [3.05, 3.63) is 59.1 Å². The number of primary amides is 1. The number of rotatable bonds is 5. The fourth-order valence-corrected chi connectivity index (χ4v) is 1.97. The molecule has 0 aliphatic carbocycles. The molecule has 0 atom stereocenters. The van der Waals surface area contributed by atoms with Crippen LogP contribution in [0.5, 0.6) is 0 Å². The number of halogens is 1. The van der Waals surface area contributed by atoms with Crippen molar-refractivity contribution >= 4 is 34.8 Å². The summed E-state index contributed by atoms with van der Waals surface area (Å²) in [6.07, 6.45) is 0. The van der Waals surface area contributed by atoms with E-state index in [1.54, 1.807) is 48.5 Å². The number of carbonyl (C=O) groups excluding carboxylic acids is 2. The number of amides is 2. The minimum Gasteiger partial charge on any atom is -0.376 e. The van der Waals surface area contributed by atoms with Crippen LogP contribution in [0, 0.1) is 0 Å². The van der Waals surface area contributed by atoms with E-state index in [-0.39, 0.29) is 18.0 Å². The molecule has 0 fully saturated rings. The van der Waals surface area contributed by atoms with Crippen LogP contribution in [0.1, 0.15) is 10.4 Å². The maximum Gasteiger partial charge on any atom is 0.250 e. The predicted octanol–water partition coefficient (Wildman–Crippen LogP) is 2.49. The Labute approximate surface area is 127 Å². The highest BCUT2D eigenvalue weighted by atomic mass is 35.5. The van der Waals surface area contributed by atoms with Gasteiger partial charge in [-0.15, -0.1) is 0 Å². The molecule has 0 aliphatic heterocycles. The molecule has 6 heteroatoms. The summed E-state index contributed by atoms with van der Waals surface area (Å²) in [5.74, 6) is -0.877. The van der Waals surface area contributed by atoms with E-state index in [1.165, 1.54) is 0 Å². The Hall–Kier alpha value is -2.53. The molecule has 2 rings (SSSR count). The van der Waals surface area contributed by atoms with Gasteiger partial charge in [0, 0.05) is 10.7 Å². The topological polar surface area (TPSA) is 84.2 Å². The van der Waals surface area contributed by atoms with E-state index >= 15 is 0 Å². The van der Waals surface area contributed by atoms with Crippen molar-refractivity contribution in [2.24, 2.45) is 5.73 Å². The van der Waals surface area contributed by atoms with Crippen molar-refractivity contribution < 1.29 is 9.59 Å². The largest absolute Gasteiger partial charge is 0.376 e. The summed E-state index contributed by atoms with van der Waals surface area (Å²) >= 11 is 5.85. The Morgan fingerprint density at radius 2 is 1.86 bits per heavy atom. The third kappa shape index (κ3) is 4.22. The molecule has 4 N–H and O–H groups in total. The molecule has 0 aromatic heterocycles. The lowest BCUT2D eigenvalue weighted by Gasteiger charge is -2.10. The lowest BCUT2D eigenvalue weighted by molar-refractivity contribution is -0.114. The third-order valence-electron chi connectivity index (χ3n) is 2.74. The Kier molecular flexibility index (Phi) is 4.79. The van der Waals surface area contributed by atoms with Gasteiger partial charge in [-0.25, -0.2) is 0 Å². The van der Waals surface area contributed by atoms with Crippen molar-refractivity contribution in [3.63, 3.8) is 0 Å². The third-order valence-corrected chi connectivity index (χ3v) is 2.98. The molecule has 0 spiro atoms. The zero-order valence-electron chi connectivity index (χ0n) is 11.1. The van der Waals surface area contributed by atoms with Gasteiger partial charge in [-0.3, -0.25) is 9.59 Å². The normalized spacial score (nSPS) is 9.95. The van der Waals surface area contributed by atoms with Crippen LogP contribution in [0.25, 0.3) is 0 Å². The number of hydrogen-bond acceptors (Lipinski definition) is 3. The lowest BCUT2D eigenvalue weighted by Crippen LogP contribution is -2.24. The second-order valence-electron chi connectivity index (χ2n) is 4.32. The SMILES string of the molecule is NC(=O)c1ccccc1NC(=O)CNc1cccc(Cl)c1. The van der Waals surface area contributed by atoms with Crippen LogP contribution >= 0.6 is 11.6 Å². The summed E-state index contributed by atoms with van der Waals surface area (Å²) in [5.41, 5.74) is 6.65. The molecule has 0 aliphatic rings. The van der Waals surface area contributed by atoms with Gasteiger partial charge in [0.15, 0.2) is 0 Å². The van der Waals surface area contributed by atoms with Crippen LogP contribution in [0.3, 0.4) is 0 Å². The van der Waals surface area contributed by atoms with Gasteiger partial charge in [-0.2, -0.15) is 0 Å². The Bertz CT molecular complexity index is 673.